The summed E-state index contributed by atoms with van der Waals surface area (Å²) in [6.07, 6.45) is 4.25. The summed E-state index contributed by atoms with van der Waals surface area (Å²) in [5.41, 5.74) is 5.74. The molecule has 2 aromatic carbocycles. The first-order chi connectivity index (χ1) is 12.8. The smallest absolute Gasteiger partial charge is 0.215 e. The average Bonchev–Trinajstić information content (AvgIpc) is 3.14. The van der Waals surface area contributed by atoms with E-state index in [1.165, 1.54) is 16.7 Å². The first-order valence-electron chi connectivity index (χ1n) is 8.88. The van der Waals surface area contributed by atoms with E-state index in [2.05, 4.69) is 53.3 Å². The molecule has 0 N–H and O–H groups in total. The minimum absolute atomic E-state index is 0.182. The number of aryl methyl sites for hydroxylation is 1. The van der Waals surface area contributed by atoms with Crippen molar-refractivity contribution in [2.45, 2.75) is 25.6 Å². The highest BCUT2D eigenvalue weighted by atomic mass is 16.5. The van der Waals surface area contributed by atoms with Gasteiger partial charge in [-0.25, -0.2) is 5.01 Å². The van der Waals surface area contributed by atoms with Gasteiger partial charge in [0.15, 0.2) is 0 Å². The molecule has 3 heterocycles. The molecule has 2 aliphatic rings. The molecule has 4 nitrogen and oxygen atoms in total. The van der Waals surface area contributed by atoms with Crippen molar-refractivity contribution in [3.8, 4) is 5.75 Å². The molecule has 0 spiro atoms. The third kappa shape index (κ3) is 2.46. The molecule has 5 rings (SSSR count). The van der Waals surface area contributed by atoms with Crippen LogP contribution in [0.2, 0.25) is 0 Å². The molecule has 0 aliphatic carbocycles. The van der Waals surface area contributed by atoms with Gasteiger partial charge in [-0.3, -0.25) is 4.98 Å². The van der Waals surface area contributed by atoms with E-state index in [-0.39, 0.29) is 12.3 Å². The topological polar surface area (TPSA) is 37.7 Å². The summed E-state index contributed by atoms with van der Waals surface area (Å²) in [6, 6.07) is 21.0. The molecular weight excluding hydrogens is 322 g/mol. The molecule has 4 heteroatoms. The Hall–Kier alpha value is -3.14. The summed E-state index contributed by atoms with van der Waals surface area (Å²) in [6.45, 7) is 2.10. The Morgan fingerprint density at radius 3 is 2.65 bits per heavy atom. The van der Waals surface area contributed by atoms with Crippen LogP contribution in [0.1, 0.15) is 40.9 Å². The highest BCUT2D eigenvalue weighted by molar-refractivity contribution is 6.02. The molecule has 0 unspecified atom stereocenters. The van der Waals surface area contributed by atoms with Gasteiger partial charge in [0.1, 0.15) is 5.75 Å². The lowest BCUT2D eigenvalue weighted by atomic mass is 9.96. The van der Waals surface area contributed by atoms with Crippen LogP contribution in [-0.2, 0) is 0 Å². The Morgan fingerprint density at radius 2 is 1.85 bits per heavy atom. The van der Waals surface area contributed by atoms with Gasteiger partial charge in [-0.1, -0.05) is 54.1 Å². The number of ether oxygens (including phenoxy) is 1. The van der Waals surface area contributed by atoms with E-state index in [1.807, 2.05) is 30.5 Å². The molecule has 0 radical (unpaired) electrons. The number of hydrazone groups is 1. The Kier molecular flexibility index (Phi) is 3.49. The van der Waals surface area contributed by atoms with Crippen LogP contribution >= 0.6 is 0 Å². The van der Waals surface area contributed by atoms with Crippen molar-refractivity contribution in [3.63, 3.8) is 0 Å². The lowest BCUT2D eigenvalue weighted by Crippen LogP contribution is -2.33. The number of aromatic nitrogens is 1. The van der Waals surface area contributed by atoms with E-state index in [9.17, 15) is 0 Å². The molecule has 1 aromatic heterocycles. The number of rotatable bonds is 2. The Bertz CT molecular complexity index is 966. The first kappa shape index (κ1) is 15.1. The number of hydrogen-bond donors (Lipinski definition) is 0. The fourth-order valence-electron chi connectivity index (χ4n) is 3.70. The summed E-state index contributed by atoms with van der Waals surface area (Å²) in [5, 5.41) is 7.06. The van der Waals surface area contributed by atoms with Crippen LogP contribution in [0.5, 0.6) is 5.75 Å². The van der Waals surface area contributed by atoms with E-state index in [0.29, 0.717) is 0 Å². The van der Waals surface area contributed by atoms with E-state index in [0.717, 1.165) is 23.4 Å². The number of fused-ring (bicyclic) bond motifs is 3. The Morgan fingerprint density at radius 1 is 1.00 bits per heavy atom. The normalized spacial score (nSPS) is 20.8. The van der Waals surface area contributed by atoms with Crippen molar-refractivity contribution < 1.29 is 4.74 Å². The van der Waals surface area contributed by atoms with E-state index in [1.54, 1.807) is 6.20 Å². The number of benzene rings is 2. The fraction of sp³-hybridized carbons (Fsp3) is 0.182. The number of para-hydroxylation sites is 1. The number of pyridine rings is 1. The Balaban J connectivity index is 1.59. The van der Waals surface area contributed by atoms with Gasteiger partial charge in [0.05, 0.1) is 11.8 Å². The van der Waals surface area contributed by atoms with Crippen molar-refractivity contribution in [1.29, 1.82) is 0 Å². The lowest BCUT2D eigenvalue weighted by Gasteiger charge is -2.38. The molecule has 0 bridgehead atoms. The second-order valence-corrected chi connectivity index (χ2v) is 6.81. The van der Waals surface area contributed by atoms with Crippen LogP contribution in [0.25, 0.3) is 0 Å². The van der Waals surface area contributed by atoms with Gasteiger partial charge in [-0.15, -0.1) is 0 Å². The predicted molar refractivity (Wildman–Crippen MR) is 101 cm³/mol. The standard InChI is InChI=1S/C22H19N3O/c1-15-8-10-16(11-9-15)19-13-20-18-6-2-3-7-21(18)26-22(25(20)24-19)17-5-4-12-23-14-17/h2-12,14,20,22H,13H2,1H3/t20-,22-/m0/s1. The van der Waals surface area contributed by atoms with Crippen LogP contribution in [0.3, 0.4) is 0 Å². The largest absolute Gasteiger partial charge is 0.464 e. The lowest BCUT2D eigenvalue weighted by molar-refractivity contribution is -0.0192. The van der Waals surface area contributed by atoms with Gasteiger partial charge in [0.25, 0.3) is 0 Å². The average molecular weight is 341 g/mol. The van der Waals surface area contributed by atoms with Gasteiger partial charge in [-0.2, -0.15) is 5.10 Å². The van der Waals surface area contributed by atoms with Crippen molar-refractivity contribution in [3.05, 3.63) is 95.3 Å². The second-order valence-electron chi connectivity index (χ2n) is 6.81. The predicted octanol–water partition coefficient (Wildman–Crippen LogP) is 4.63. The maximum Gasteiger partial charge on any atom is 0.215 e. The maximum atomic E-state index is 6.31. The fourth-order valence-corrected chi connectivity index (χ4v) is 3.70. The summed E-state index contributed by atoms with van der Waals surface area (Å²) in [7, 11) is 0. The molecule has 2 aliphatic heterocycles. The molecule has 0 fully saturated rings. The monoisotopic (exact) mass is 341 g/mol. The van der Waals surface area contributed by atoms with Crippen LogP contribution in [0.15, 0.2) is 78.2 Å². The zero-order valence-electron chi connectivity index (χ0n) is 14.5. The molecular formula is C22H19N3O. The zero-order chi connectivity index (χ0) is 17.5. The van der Waals surface area contributed by atoms with Crippen molar-refractivity contribution in [2.75, 3.05) is 0 Å². The summed E-state index contributed by atoms with van der Waals surface area (Å²) in [5.74, 6) is 0.933. The third-order valence-electron chi connectivity index (χ3n) is 5.05. The minimum Gasteiger partial charge on any atom is -0.464 e. The van der Waals surface area contributed by atoms with Gasteiger partial charge in [-0.05, 0) is 24.6 Å². The molecule has 0 saturated heterocycles. The molecule has 3 aromatic rings. The highest BCUT2D eigenvalue weighted by Gasteiger charge is 2.40. The molecule has 26 heavy (non-hydrogen) atoms. The summed E-state index contributed by atoms with van der Waals surface area (Å²) < 4.78 is 6.31. The van der Waals surface area contributed by atoms with Gasteiger partial charge < -0.3 is 4.74 Å². The van der Waals surface area contributed by atoms with Gasteiger partial charge >= 0.3 is 0 Å². The van der Waals surface area contributed by atoms with Crippen LogP contribution in [0.4, 0.5) is 0 Å². The quantitative estimate of drug-likeness (QED) is 0.682. The van der Waals surface area contributed by atoms with Crippen LogP contribution in [-0.4, -0.2) is 15.7 Å². The zero-order valence-corrected chi connectivity index (χ0v) is 14.5. The summed E-state index contributed by atoms with van der Waals surface area (Å²) in [4.78, 5) is 4.26. The van der Waals surface area contributed by atoms with Crippen LogP contribution < -0.4 is 4.74 Å². The SMILES string of the molecule is Cc1ccc(C2=NN3[C@@H](C2)c2ccccc2O[C@H]3c2cccnc2)cc1. The van der Waals surface area contributed by atoms with E-state index >= 15 is 0 Å². The highest BCUT2D eigenvalue weighted by Crippen LogP contribution is 2.47. The van der Waals surface area contributed by atoms with E-state index < -0.39 is 0 Å². The molecule has 2 atom stereocenters. The molecule has 0 saturated carbocycles. The third-order valence-corrected chi connectivity index (χ3v) is 5.05. The number of nitrogens with zero attached hydrogens (tertiary/aromatic N) is 3. The van der Waals surface area contributed by atoms with Crippen molar-refractivity contribution in [1.82, 2.24) is 9.99 Å². The van der Waals surface area contributed by atoms with Gasteiger partial charge in [0, 0.05) is 29.9 Å². The van der Waals surface area contributed by atoms with Crippen molar-refractivity contribution >= 4 is 5.71 Å². The first-order valence-corrected chi connectivity index (χ1v) is 8.88. The maximum absolute atomic E-state index is 6.31. The second kappa shape index (κ2) is 5.99. The van der Waals surface area contributed by atoms with Crippen molar-refractivity contribution in [2.24, 2.45) is 5.10 Å². The minimum atomic E-state index is -0.258. The van der Waals surface area contributed by atoms with Crippen LogP contribution in [0, 0.1) is 6.92 Å². The Labute approximate surface area is 152 Å². The van der Waals surface area contributed by atoms with Gasteiger partial charge in [0.2, 0.25) is 6.23 Å². The molecule has 128 valence electrons. The number of hydrogen-bond acceptors (Lipinski definition) is 4. The molecule has 0 amide bonds. The van der Waals surface area contributed by atoms with E-state index in [4.69, 9.17) is 9.84 Å². The summed E-state index contributed by atoms with van der Waals surface area (Å²) >= 11 is 0.